The minimum absolute atomic E-state index is 0.121. The highest BCUT2D eigenvalue weighted by molar-refractivity contribution is 8.01. The van der Waals surface area contributed by atoms with Gasteiger partial charge >= 0.3 is 0 Å². The van der Waals surface area contributed by atoms with Crippen molar-refractivity contribution in [2.75, 3.05) is 36.8 Å². The zero-order valence-electron chi connectivity index (χ0n) is 13.9. The van der Waals surface area contributed by atoms with Crippen LogP contribution in [0.5, 0.6) is 0 Å². The fourth-order valence-corrected chi connectivity index (χ4v) is 5.38. The zero-order valence-corrected chi connectivity index (χ0v) is 14.7. The fraction of sp³-hybridized carbons (Fsp3) is 0.588. The standard InChI is InChI=1S/C17H22N4O2S/c1-17-5-2-15(22)21(17)14(12-24-17)16(23)20-10-8-19(9-11-20)13-3-6-18-7-4-13/h3-4,6-7,14H,2,5,8-12H2,1H3. The summed E-state index contributed by atoms with van der Waals surface area (Å²) in [6.07, 6.45) is 5.02. The molecule has 4 heterocycles. The number of rotatable bonds is 2. The number of carbonyl (C=O) groups excluding carboxylic acids is 2. The molecule has 0 aliphatic carbocycles. The van der Waals surface area contributed by atoms with Crippen molar-refractivity contribution < 1.29 is 9.59 Å². The van der Waals surface area contributed by atoms with E-state index in [0.717, 1.165) is 31.0 Å². The number of aromatic nitrogens is 1. The number of amides is 2. The largest absolute Gasteiger partial charge is 0.368 e. The molecule has 4 rings (SSSR count). The van der Waals surface area contributed by atoms with Crippen LogP contribution >= 0.6 is 11.8 Å². The summed E-state index contributed by atoms with van der Waals surface area (Å²) >= 11 is 1.76. The maximum Gasteiger partial charge on any atom is 0.246 e. The van der Waals surface area contributed by atoms with Crippen molar-refractivity contribution in [2.24, 2.45) is 0 Å². The Kier molecular flexibility index (Phi) is 3.90. The van der Waals surface area contributed by atoms with Crippen LogP contribution in [0, 0.1) is 0 Å². The van der Waals surface area contributed by atoms with Gasteiger partial charge in [0, 0.05) is 56.4 Å². The van der Waals surface area contributed by atoms with Gasteiger partial charge in [0.15, 0.2) is 0 Å². The van der Waals surface area contributed by atoms with E-state index in [2.05, 4.69) is 16.8 Å². The molecule has 128 valence electrons. The summed E-state index contributed by atoms with van der Waals surface area (Å²) in [5, 5.41) is 0. The van der Waals surface area contributed by atoms with Crippen molar-refractivity contribution >= 4 is 29.3 Å². The topological polar surface area (TPSA) is 56.8 Å². The first-order valence-electron chi connectivity index (χ1n) is 8.48. The van der Waals surface area contributed by atoms with Gasteiger partial charge in [-0.25, -0.2) is 0 Å². The van der Waals surface area contributed by atoms with Crippen molar-refractivity contribution in [3.8, 4) is 0 Å². The summed E-state index contributed by atoms with van der Waals surface area (Å²) in [5.41, 5.74) is 1.15. The Bertz CT molecular complexity index is 647. The number of carbonyl (C=O) groups is 2. The molecule has 24 heavy (non-hydrogen) atoms. The molecule has 1 aromatic heterocycles. The minimum Gasteiger partial charge on any atom is -0.368 e. The van der Waals surface area contributed by atoms with Gasteiger partial charge < -0.3 is 14.7 Å². The Labute approximate surface area is 146 Å². The number of anilines is 1. The molecular formula is C17H22N4O2S. The first-order chi connectivity index (χ1) is 11.6. The van der Waals surface area contributed by atoms with Gasteiger partial charge in [-0.3, -0.25) is 14.6 Å². The molecule has 0 aromatic carbocycles. The molecule has 2 atom stereocenters. The number of piperazine rings is 1. The number of pyridine rings is 1. The molecule has 2 amide bonds. The van der Waals surface area contributed by atoms with Gasteiger partial charge in [0.25, 0.3) is 0 Å². The van der Waals surface area contributed by atoms with Crippen molar-refractivity contribution in [2.45, 2.75) is 30.7 Å². The highest BCUT2D eigenvalue weighted by atomic mass is 32.2. The van der Waals surface area contributed by atoms with E-state index in [0.29, 0.717) is 19.5 Å². The molecule has 6 nitrogen and oxygen atoms in total. The third-order valence-electron chi connectivity index (χ3n) is 5.35. The van der Waals surface area contributed by atoms with E-state index in [1.165, 1.54) is 0 Å². The lowest BCUT2D eigenvalue weighted by molar-refractivity contribution is -0.143. The summed E-state index contributed by atoms with van der Waals surface area (Å²) < 4.78 is 0. The summed E-state index contributed by atoms with van der Waals surface area (Å²) in [6.45, 7) is 5.15. The number of thioether (sulfide) groups is 1. The molecule has 1 aromatic rings. The van der Waals surface area contributed by atoms with Gasteiger partial charge in [-0.2, -0.15) is 0 Å². The maximum absolute atomic E-state index is 13.0. The second-order valence-corrected chi connectivity index (χ2v) is 8.28. The normalized spacial score (nSPS) is 30.0. The molecule has 3 saturated heterocycles. The average molecular weight is 346 g/mol. The molecule has 0 N–H and O–H groups in total. The minimum atomic E-state index is -0.275. The number of hydrogen-bond acceptors (Lipinski definition) is 5. The fourth-order valence-electron chi connectivity index (χ4n) is 3.95. The van der Waals surface area contributed by atoms with Gasteiger partial charge in [-0.05, 0) is 25.5 Å². The van der Waals surface area contributed by atoms with Crippen molar-refractivity contribution in [3.63, 3.8) is 0 Å². The Morgan fingerprint density at radius 1 is 1.25 bits per heavy atom. The number of nitrogens with zero attached hydrogens (tertiary/aromatic N) is 4. The molecule has 0 bridgehead atoms. The Balaban J connectivity index is 1.41. The van der Waals surface area contributed by atoms with Gasteiger partial charge in [0.1, 0.15) is 6.04 Å². The monoisotopic (exact) mass is 346 g/mol. The summed E-state index contributed by atoms with van der Waals surface area (Å²) in [6, 6.07) is 3.72. The summed E-state index contributed by atoms with van der Waals surface area (Å²) in [7, 11) is 0. The molecule has 0 saturated carbocycles. The smallest absolute Gasteiger partial charge is 0.246 e. The Morgan fingerprint density at radius 2 is 1.96 bits per heavy atom. The van der Waals surface area contributed by atoms with Crippen molar-refractivity contribution in [1.29, 1.82) is 0 Å². The van der Waals surface area contributed by atoms with Crippen LogP contribution in [-0.2, 0) is 9.59 Å². The van der Waals surface area contributed by atoms with Crippen molar-refractivity contribution in [1.82, 2.24) is 14.8 Å². The van der Waals surface area contributed by atoms with Gasteiger partial charge in [0.2, 0.25) is 11.8 Å². The van der Waals surface area contributed by atoms with E-state index in [-0.39, 0.29) is 22.7 Å². The molecule has 3 aliphatic rings. The third kappa shape index (κ3) is 2.55. The lowest BCUT2D eigenvalue weighted by Crippen LogP contribution is -2.56. The van der Waals surface area contributed by atoms with E-state index < -0.39 is 0 Å². The lowest BCUT2D eigenvalue weighted by atomic mass is 10.2. The van der Waals surface area contributed by atoms with E-state index in [4.69, 9.17) is 0 Å². The molecule has 2 unspecified atom stereocenters. The highest BCUT2D eigenvalue weighted by Crippen LogP contribution is 2.47. The van der Waals surface area contributed by atoms with Crippen LogP contribution in [-0.4, -0.2) is 69.4 Å². The van der Waals surface area contributed by atoms with Crippen LogP contribution in [0.4, 0.5) is 5.69 Å². The van der Waals surface area contributed by atoms with Crippen LogP contribution < -0.4 is 4.90 Å². The number of hydrogen-bond donors (Lipinski definition) is 0. The average Bonchev–Trinajstić information content (AvgIpc) is 3.11. The molecule has 7 heteroatoms. The van der Waals surface area contributed by atoms with E-state index in [9.17, 15) is 9.59 Å². The first kappa shape index (κ1) is 15.7. The summed E-state index contributed by atoms with van der Waals surface area (Å²) in [5.74, 6) is 0.984. The predicted molar refractivity (Wildman–Crippen MR) is 93.8 cm³/mol. The summed E-state index contributed by atoms with van der Waals surface area (Å²) in [4.78, 5) is 35.1. The number of fused-ring (bicyclic) bond motifs is 1. The van der Waals surface area contributed by atoms with Crippen LogP contribution in [0.2, 0.25) is 0 Å². The predicted octanol–water partition coefficient (Wildman–Crippen LogP) is 1.18. The molecule has 0 radical (unpaired) electrons. The van der Waals surface area contributed by atoms with Crippen molar-refractivity contribution in [3.05, 3.63) is 24.5 Å². The lowest BCUT2D eigenvalue weighted by Gasteiger charge is -2.38. The van der Waals surface area contributed by atoms with Gasteiger partial charge in [-0.15, -0.1) is 11.8 Å². The molecule has 3 aliphatic heterocycles. The molecular weight excluding hydrogens is 324 g/mol. The van der Waals surface area contributed by atoms with Crippen LogP contribution in [0.3, 0.4) is 0 Å². The second-order valence-electron chi connectivity index (χ2n) is 6.78. The SMILES string of the molecule is CC12CCC(=O)N1C(C(=O)N1CCN(c3ccncc3)CC1)CS2. The first-order valence-corrected chi connectivity index (χ1v) is 9.47. The zero-order chi connectivity index (χ0) is 16.7. The highest BCUT2D eigenvalue weighted by Gasteiger charge is 2.53. The maximum atomic E-state index is 13.0. The Hall–Kier alpha value is -1.76. The van der Waals surface area contributed by atoms with Crippen LogP contribution in [0.15, 0.2) is 24.5 Å². The van der Waals surface area contributed by atoms with Gasteiger partial charge in [-0.1, -0.05) is 0 Å². The van der Waals surface area contributed by atoms with E-state index in [1.54, 1.807) is 24.2 Å². The molecule has 0 spiro atoms. The van der Waals surface area contributed by atoms with E-state index >= 15 is 0 Å². The van der Waals surface area contributed by atoms with E-state index in [1.807, 2.05) is 21.9 Å². The van der Waals surface area contributed by atoms with Gasteiger partial charge in [0.05, 0.1) is 4.87 Å². The molecule has 3 fully saturated rings. The van der Waals surface area contributed by atoms with Crippen LogP contribution in [0.25, 0.3) is 0 Å². The quantitative estimate of drug-likeness (QED) is 0.805. The third-order valence-corrected chi connectivity index (χ3v) is 6.85. The van der Waals surface area contributed by atoms with Crippen LogP contribution in [0.1, 0.15) is 19.8 Å². The second kappa shape index (κ2) is 5.95. The Morgan fingerprint density at radius 3 is 2.67 bits per heavy atom.